The lowest BCUT2D eigenvalue weighted by Gasteiger charge is -2.00. The van der Waals surface area contributed by atoms with Crippen molar-refractivity contribution in [2.45, 2.75) is 4.90 Å². The van der Waals surface area contributed by atoms with Crippen LogP contribution in [0.2, 0.25) is 0 Å². The summed E-state index contributed by atoms with van der Waals surface area (Å²) in [6.45, 7) is 0. The van der Waals surface area contributed by atoms with Gasteiger partial charge in [-0.1, -0.05) is 0 Å². The number of hydrazine groups is 1. The number of anilines is 1. The van der Waals surface area contributed by atoms with Crippen LogP contribution in [-0.4, -0.2) is 5.11 Å². The van der Waals surface area contributed by atoms with Gasteiger partial charge >= 0.3 is 0 Å². The summed E-state index contributed by atoms with van der Waals surface area (Å²) < 4.78 is 0. The molecule has 1 aromatic rings. The summed E-state index contributed by atoms with van der Waals surface area (Å²) in [7, 11) is 0. The van der Waals surface area contributed by atoms with E-state index in [1.807, 2.05) is 0 Å². The van der Waals surface area contributed by atoms with E-state index in [-0.39, 0.29) is 5.75 Å². The monoisotopic (exact) mass is 156 g/mol. The van der Waals surface area contributed by atoms with Crippen LogP contribution in [0.3, 0.4) is 0 Å². The Bertz CT molecular complexity index is 219. The van der Waals surface area contributed by atoms with Crippen LogP contribution < -0.4 is 11.3 Å². The van der Waals surface area contributed by atoms with Crippen molar-refractivity contribution in [1.29, 1.82) is 0 Å². The van der Waals surface area contributed by atoms with E-state index in [4.69, 9.17) is 10.9 Å². The van der Waals surface area contributed by atoms with Gasteiger partial charge in [0.05, 0.1) is 5.69 Å². The first-order valence-electron chi connectivity index (χ1n) is 2.72. The fraction of sp³-hybridized carbons (Fsp3) is 0. The van der Waals surface area contributed by atoms with Gasteiger partial charge in [-0.3, -0.25) is 5.84 Å². The first kappa shape index (κ1) is 7.24. The van der Waals surface area contributed by atoms with Gasteiger partial charge in [-0.05, 0) is 12.1 Å². The summed E-state index contributed by atoms with van der Waals surface area (Å²) in [4.78, 5) is 0.674. The van der Waals surface area contributed by atoms with Crippen LogP contribution >= 0.6 is 12.6 Å². The molecule has 3 nitrogen and oxygen atoms in total. The Morgan fingerprint density at radius 3 is 2.60 bits per heavy atom. The number of benzene rings is 1. The summed E-state index contributed by atoms with van der Waals surface area (Å²) in [5.41, 5.74) is 3.04. The zero-order chi connectivity index (χ0) is 7.56. The maximum absolute atomic E-state index is 8.98. The molecular formula is C6H8N2OS. The van der Waals surface area contributed by atoms with E-state index in [2.05, 4.69) is 18.1 Å². The van der Waals surface area contributed by atoms with Crippen molar-refractivity contribution < 1.29 is 5.11 Å². The van der Waals surface area contributed by atoms with E-state index in [0.29, 0.717) is 10.6 Å². The molecule has 0 aromatic heterocycles. The molecule has 0 saturated heterocycles. The van der Waals surface area contributed by atoms with Crippen LogP contribution in [0.4, 0.5) is 5.69 Å². The lowest BCUT2D eigenvalue weighted by molar-refractivity contribution is 0.474. The second-order valence-corrected chi connectivity index (χ2v) is 2.40. The van der Waals surface area contributed by atoms with Gasteiger partial charge in [-0.2, -0.15) is 0 Å². The second-order valence-electron chi connectivity index (χ2n) is 1.88. The fourth-order valence-electron chi connectivity index (χ4n) is 0.678. The van der Waals surface area contributed by atoms with Crippen LogP contribution in [0.1, 0.15) is 0 Å². The van der Waals surface area contributed by atoms with Gasteiger partial charge in [-0.15, -0.1) is 12.6 Å². The predicted octanol–water partition coefficient (Wildman–Crippen LogP) is 0.966. The lowest BCUT2D eigenvalue weighted by atomic mass is 10.3. The number of thiol groups is 1. The van der Waals surface area contributed by atoms with Crippen molar-refractivity contribution in [2.24, 2.45) is 5.84 Å². The van der Waals surface area contributed by atoms with Gasteiger partial charge in [0.25, 0.3) is 0 Å². The molecule has 0 saturated carbocycles. The summed E-state index contributed by atoms with van der Waals surface area (Å²) >= 11 is 4.02. The standard InChI is InChI=1S/C6H8N2OS/c7-8-4-1-5(9)3-6(10)2-4/h1-3,8-10H,7H2. The number of phenols is 1. The molecule has 0 atom stereocenters. The number of nitrogens with one attached hydrogen (secondary N) is 1. The largest absolute Gasteiger partial charge is 0.508 e. The second kappa shape index (κ2) is 2.81. The van der Waals surface area contributed by atoms with Gasteiger partial charge in [0.2, 0.25) is 0 Å². The molecule has 0 spiro atoms. The molecule has 0 aliphatic rings. The Balaban J connectivity index is 3.06. The van der Waals surface area contributed by atoms with Crippen molar-refractivity contribution in [1.82, 2.24) is 0 Å². The highest BCUT2D eigenvalue weighted by Gasteiger charge is 1.93. The molecular weight excluding hydrogens is 148 g/mol. The van der Waals surface area contributed by atoms with E-state index in [1.165, 1.54) is 12.1 Å². The summed E-state index contributed by atoms with van der Waals surface area (Å²) in [5.74, 6) is 5.25. The van der Waals surface area contributed by atoms with Crippen LogP contribution in [0.5, 0.6) is 5.75 Å². The van der Waals surface area contributed by atoms with Gasteiger partial charge in [-0.25, -0.2) is 0 Å². The quantitative estimate of drug-likeness (QED) is 0.278. The number of nitrogen functional groups attached to an aromatic ring is 1. The smallest absolute Gasteiger partial charge is 0.118 e. The average Bonchev–Trinajstić information content (AvgIpc) is 1.85. The zero-order valence-corrected chi connectivity index (χ0v) is 6.10. The molecule has 10 heavy (non-hydrogen) atoms. The van der Waals surface area contributed by atoms with Crippen LogP contribution in [-0.2, 0) is 0 Å². The average molecular weight is 156 g/mol. The Morgan fingerprint density at radius 2 is 2.10 bits per heavy atom. The third kappa shape index (κ3) is 1.55. The molecule has 0 radical (unpaired) electrons. The highest BCUT2D eigenvalue weighted by atomic mass is 32.1. The van der Waals surface area contributed by atoms with Crippen molar-refractivity contribution in [2.75, 3.05) is 5.43 Å². The first-order valence-corrected chi connectivity index (χ1v) is 3.17. The number of rotatable bonds is 1. The van der Waals surface area contributed by atoms with E-state index < -0.39 is 0 Å². The Hall–Kier alpha value is -0.870. The molecule has 4 N–H and O–H groups in total. The van der Waals surface area contributed by atoms with Gasteiger partial charge in [0.1, 0.15) is 5.75 Å². The highest BCUT2D eigenvalue weighted by molar-refractivity contribution is 7.80. The zero-order valence-electron chi connectivity index (χ0n) is 5.20. The third-order valence-corrected chi connectivity index (χ3v) is 1.33. The molecule has 0 unspecified atom stereocenters. The van der Waals surface area contributed by atoms with E-state index >= 15 is 0 Å². The molecule has 0 bridgehead atoms. The van der Waals surface area contributed by atoms with Crippen molar-refractivity contribution in [3.8, 4) is 5.75 Å². The summed E-state index contributed by atoms with van der Waals surface area (Å²) in [6, 6.07) is 4.76. The molecule has 1 rings (SSSR count). The molecule has 4 heteroatoms. The van der Waals surface area contributed by atoms with Gasteiger partial charge < -0.3 is 10.5 Å². The van der Waals surface area contributed by atoms with Gasteiger partial charge in [0.15, 0.2) is 0 Å². The topological polar surface area (TPSA) is 58.3 Å². The molecule has 0 heterocycles. The molecule has 0 fully saturated rings. The number of nitrogens with two attached hydrogens (primary N) is 1. The Labute approximate surface area is 64.2 Å². The van der Waals surface area contributed by atoms with Crippen LogP contribution in [0.15, 0.2) is 23.1 Å². The molecule has 0 aliphatic heterocycles. The molecule has 0 aliphatic carbocycles. The highest BCUT2D eigenvalue weighted by Crippen LogP contribution is 2.20. The van der Waals surface area contributed by atoms with Crippen LogP contribution in [0, 0.1) is 0 Å². The number of hydrogen-bond donors (Lipinski definition) is 4. The molecule has 0 amide bonds. The number of hydrogen-bond acceptors (Lipinski definition) is 4. The van der Waals surface area contributed by atoms with E-state index in [9.17, 15) is 0 Å². The number of phenolic OH excluding ortho intramolecular Hbond substituents is 1. The van der Waals surface area contributed by atoms with Crippen LogP contribution in [0.25, 0.3) is 0 Å². The maximum atomic E-state index is 8.98. The van der Waals surface area contributed by atoms with Crippen molar-refractivity contribution in [3.63, 3.8) is 0 Å². The Kier molecular flexibility index (Phi) is 2.03. The van der Waals surface area contributed by atoms with Crippen molar-refractivity contribution in [3.05, 3.63) is 18.2 Å². The lowest BCUT2D eigenvalue weighted by Crippen LogP contribution is -2.06. The van der Waals surface area contributed by atoms with Crippen molar-refractivity contribution >= 4 is 18.3 Å². The third-order valence-electron chi connectivity index (χ3n) is 1.07. The fourth-order valence-corrected chi connectivity index (χ4v) is 0.950. The SMILES string of the molecule is NNc1cc(O)cc(S)c1. The number of aromatic hydroxyl groups is 1. The Morgan fingerprint density at radius 1 is 1.40 bits per heavy atom. The normalized spacial score (nSPS) is 9.40. The molecule has 1 aromatic carbocycles. The van der Waals surface area contributed by atoms with E-state index in [1.54, 1.807) is 6.07 Å². The maximum Gasteiger partial charge on any atom is 0.118 e. The summed E-state index contributed by atoms with van der Waals surface area (Å²) in [5, 5.41) is 8.98. The van der Waals surface area contributed by atoms with E-state index in [0.717, 1.165) is 0 Å². The summed E-state index contributed by atoms with van der Waals surface area (Å²) in [6.07, 6.45) is 0. The predicted molar refractivity (Wildman–Crippen MR) is 43.2 cm³/mol. The minimum Gasteiger partial charge on any atom is -0.508 e. The first-order chi connectivity index (χ1) is 4.72. The van der Waals surface area contributed by atoms with Gasteiger partial charge in [0, 0.05) is 11.0 Å². The minimum absolute atomic E-state index is 0.153. The minimum atomic E-state index is 0.153. The molecule has 54 valence electrons.